The number of carbonyl (C=O) groups is 1. The van der Waals surface area contributed by atoms with Crippen LogP contribution in [0.1, 0.15) is 39.0 Å². The molecule has 0 aliphatic heterocycles. The molecular formula is C15H21BrN2O2. The van der Waals surface area contributed by atoms with Crippen LogP contribution in [0.3, 0.4) is 0 Å². The van der Waals surface area contributed by atoms with E-state index in [1.807, 2.05) is 0 Å². The Balaban J connectivity index is 1.85. The van der Waals surface area contributed by atoms with Gasteiger partial charge in [-0.05, 0) is 40.8 Å². The van der Waals surface area contributed by atoms with E-state index in [1.165, 1.54) is 25.3 Å². The molecule has 0 bridgehead atoms. The molecule has 1 fully saturated rings. The van der Waals surface area contributed by atoms with E-state index in [-0.39, 0.29) is 11.5 Å². The van der Waals surface area contributed by atoms with Gasteiger partial charge in [-0.2, -0.15) is 0 Å². The SMILES string of the molecule is CC1CCCCC1NC(=O)CCn1cc(Br)ccc1=O. The van der Waals surface area contributed by atoms with Gasteiger partial charge in [0.25, 0.3) is 5.56 Å². The van der Waals surface area contributed by atoms with E-state index in [9.17, 15) is 9.59 Å². The van der Waals surface area contributed by atoms with Crippen LogP contribution >= 0.6 is 15.9 Å². The number of nitrogens with zero attached hydrogens (tertiary/aromatic N) is 1. The molecule has 1 aliphatic carbocycles. The highest BCUT2D eigenvalue weighted by Crippen LogP contribution is 2.23. The standard InChI is InChI=1S/C15H21BrN2O2/c1-11-4-2-3-5-13(11)17-14(19)8-9-18-10-12(16)6-7-15(18)20/h6-7,10-11,13H,2-5,8-9H2,1H3,(H,17,19). The van der Waals surface area contributed by atoms with E-state index in [0.717, 1.165) is 10.9 Å². The van der Waals surface area contributed by atoms with Crippen LogP contribution in [0.15, 0.2) is 27.6 Å². The average molecular weight is 341 g/mol. The molecule has 4 nitrogen and oxygen atoms in total. The van der Waals surface area contributed by atoms with Crippen molar-refractivity contribution in [2.24, 2.45) is 5.92 Å². The van der Waals surface area contributed by atoms with E-state index >= 15 is 0 Å². The van der Waals surface area contributed by atoms with Crippen molar-refractivity contribution in [1.29, 1.82) is 0 Å². The Morgan fingerprint density at radius 1 is 1.40 bits per heavy atom. The Hall–Kier alpha value is -1.10. The Morgan fingerprint density at radius 2 is 2.15 bits per heavy atom. The van der Waals surface area contributed by atoms with Crippen molar-refractivity contribution in [2.75, 3.05) is 0 Å². The van der Waals surface area contributed by atoms with Crippen molar-refractivity contribution in [3.8, 4) is 0 Å². The molecule has 0 saturated heterocycles. The summed E-state index contributed by atoms with van der Waals surface area (Å²) in [5.74, 6) is 0.594. The lowest BCUT2D eigenvalue weighted by Gasteiger charge is -2.29. The van der Waals surface area contributed by atoms with Gasteiger partial charge in [0.05, 0.1) is 0 Å². The second kappa shape index (κ2) is 7.07. The molecule has 1 aliphatic rings. The van der Waals surface area contributed by atoms with Crippen LogP contribution in [0.4, 0.5) is 0 Å². The molecule has 1 heterocycles. The number of aromatic nitrogens is 1. The van der Waals surface area contributed by atoms with Gasteiger partial charge in [0.15, 0.2) is 0 Å². The summed E-state index contributed by atoms with van der Waals surface area (Å²) < 4.78 is 2.41. The van der Waals surface area contributed by atoms with Crippen molar-refractivity contribution in [2.45, 2.75) is 51.6 Å². The highest BCUT2D eigenvalue weighted by atomic mass is 79.9. The number of nitrogens with one attached hydrogen (secondary N) is 1. The molecule has 0 radical (unpaired) electrons. The molecule has 1 aromatic heterocycles. The third-order valence-electron chi connectivity index (χ3n) is 3.99. The third kappa shape index (κ3) is 4.20. The van der Waals surface area contributed by atoms with E-state index in [4.69, 9.17) is 0 Å². The normalized spacial score (nSPS) is 22.5. The van der Waals surface area contributed by atoms with Crippen molar-refractivity contribution < 1.29 is 4.79 Å². The summed E-state index contributed by atoms with van der Waals surface area (Å²) >= 11 is 3.33. The lowest BCUT2D eigenvalue weighted by Crippen LogP contribution is -2.41. The van der Waals surface area contributed by atoms with Crippen LogP contribution in [0, 0.1) is 5.92 Å². The number of hydrogen-bond acceptors (Lipinski definition) is 2. The van der Waals surface area contributed by atoms with Crippen molar-refractivity contribution in [3.63, 3.8) is 0 Å². The molecule has 20 heavy (non-hydrogen) atoms. The van der Waals surface area contributed by atoms with Gasteiger partial charge in [0, 0.05) is 35.7 Å². The summed E-state index contributed by atoms with van der Waals surface area (Å²) in [7, 11) is 0. The topological polar surface area (TPSA) is 51.1 Å². The summed E-state index contributed by atoms with van der Waals surface area (Å²) in [5.41, 5.74) is -0.0768. The van der Waals surface area contributed by atoms with Gasteiger partial charge < -0.3 is 9.88 Å². The maximum absolute atomic E-state index is 12.0. The van der Waals surface area contributed by atoms with E-state index in [1.54, 1.807) is 16.8 Å². The summed E-state index contributed by atoms with van der Waals surface area (Å²) in [6, 6.07) is 3.52. The summed E-state index contributed by atoms with van der Waals surface area (Å²) in [4.78, 5) is 23.6. The number of amides is 1. The van der Waals surface area contributed by atoms with Gasteiger partial charge >= 0.3 is 0 Å². The van der Waals surface area contributed by atoms with Crippen LogP contribution in [0.25, 0.3) is 0 Å². The fourth-order valence-corrected chi connectivity index (χ4v) is 3.09. The van der Waals surface area contributed by atoms with Crippen molar-refractivity contribution in [1.82, 2.24) is 9.88 Å². The quantitative estimate of drug-likeness (QED) is 0.916. The second-order valence-corrected chi connectivity index (χ2v) is 6.48. The van der Waals surface area contributed by atoms with Crippen molar-refractivity contribution >= 4 is 21.8 Å². The molecule has 2 unspecified atom stereocenters. The molecule has 5 heteroatoms. The fraction of sp³-hybridized carbons (Fsp3) is 0.600. The molecular weight excluding hydrogens is 320 g/mol. The lowest BCUT2D eigenvalue weighted by atomic mass is 9.86. The third-order valence-corrected chi connectivity index (χ3v) is 4.45. The van der Waals surface area contributed by atoms with Gasteiger partial charge in [-0.1, -0.05) is 19.8 Å². The Labute approximate surface area is 127 Å². The number of carbonyl (C=O) groups excluding carboxylic acids is 1. The number of halogens is 1. The Kier molecular flexibility index (Phi) is 5.40. The molecule has 1 aromatic rings. The first kappa shape index (κ1) is 15.3. The van der Waals surface area contributed by atoms with Crippen LogP contribution in [0.5, 0.6) is 0 Å². The zero-order chi connectivity index (χ0) is 14.5. The molecule has 2 atom stereocenters. The number of rotatable bonds is 4. The molecule has 0 spiro atoms. The number of hydrogen-bond donors (Lipinski definition) is 1. The van der Waals surface area contributed by atoms with Crippen LogP contribution in [-0.2, 0) is 11.3 Å². The first-order valence-electron chi connectivity index (χ1n) is 7.21. The minimum absolute atomic E-state index is 0.0376. The second-order valence-electron chi connectivity index (χ2n) is 5.56. The minimum atomic E-state index is -0.0768. The minimum Gasteiger partial charge on any atom is -0.353 e. The zero-order valence-electron chi connectivity index (χ0n) is 11.8. The molecule has 1 N–H and O–H groups in total. The largest absolute Gasteiger partial charge is 0.353 e. The summed E-state index contributed by atoms with van der Waals surface area (Å²) in [5, 5.41) is 3.11. The number of aryl methyl sites for hydroxylation is 1. The van der Waals surface area contributed by atoms with Crippen LogP contribution in [-0.4, -0.2) is 16.5 Å². The van der Waals surface area contributed by atoms with Gasteiger partial charge in [-0.3, -0.25) is 9.59 Å². The Bertz CT molecular complexity index is 527. The van der Waals surface area contributed by atoms with Gasteiger partial charge in [-0.15, -0.1) is 0 Å². The molecule has 1 amide bonds. The first-order valence-corrected chi connectivity index (χ1v) is 8.01. The highest BCUT2D eigenvalue weighted by molar-refractivity contribution is 9.10. The van der Waals surface area contributed by atoms with Crippen molar-refractivity contribution in [3.05, 3.63) is 33.2 Å². The average Bonchev–Trinajstić information content (AvgIpc) is 2.42. The molecule has 110 valence electrons. The Morgan fingerprint density at radius 3 is 2.90 bits per heavy atom. The van der Waals surface area contributed by atoms with Crippen LogP contribution < -0.4 is 10.9 Å². The molecule has 0 aromatic carbocycles. The van der Waals surface area contributed by atoms with E-state index < -0.39 is 0 Å². The zero-order valence-corrected chi connectivity index (χ0v) is 13.4. The lowest BCUT2D eigenvalue weighted by molar-refractivity contribution is -0.122. The van der Waals surface area contributed by atoms with E-state index in [0.29, 0.717) is 24.9 Å². The summed E-state index contributed by atoms with van der Waals surface area (Å²) in [6.07, 6.45) is 6.79. The van der Waals surface area contributed by atoms with Gasteiger partial charge in [-0.25, -0.2) is 0 Å². The van der Waals surface area contributed by atoms with Gasteiger partial charge in [0.2, 0.25) is 5.91 Å². The summed E-state index contributed by atoms with van der Waals surface area (Å²) in [6.45, 7) is 2.62. The maximum atomic E-state index is 12.0. The first-order chi connectivity index (χ1) is 9.56. The van der Waals surface area contributed by atoms with E-state index in [2.05, 4.69) is 28.2 Å². The molecule has 2 rings (SSSR count). The predicted octanol–water partition coefficient (Wildman–Crippen LogP) is 2.70. The molecule has 1 saturated carbocycles. The monoisotopic (exact) mass is 340 g/mol. The van der Waals surface area contributed by atoms with Gasteiger partial charge in [0.1, 0.15) is 0 Å². The fourth-order valence-electron chi connectivity index (χ4n) is 2.71. The smallest absolute Gasteiger partial charge is 0.250 e. The number of pyridine rings is 1. The predicted molar refractivity (Wildman–Crippen MR) is 82.6 cm³/mol. The highest BCUT2D eigenvalue weighted by Gasteiger charge is 2.22. The van der Waals surface area contributed by atoms with Crippen LogP contribution in [0.2, 0.25) is 0 Å². The maximum Gasteiger partial charge on any atom is 0.250 e.